The van der Waals surface area contributed by atoms with Gasteiger partial charge in [0.1, 0.15) is 17.1 Å². The Morgan fingerprint density at radius 3 is 2.62 bits per heavy atom. The zero-order valence-corrected chi connectivity index (χ0v) is 15.9. The smallest absolute Gasteiger partial charge is 0.256 e. The highest BCUT2D eigenvalue weighted by Crippen LogP contribution is 2.25. The molecule has 7 heteroatoms. The summed E-state index contributed by atoms with van der Waals surface area (Å²) in [5.74, 6) is 2.28. The van der Waals surface area contributed by atoms with Gasteiger partial charge in [-0.3, -0.25) is 9.69 Å². The van der Waals surface area contributed by atoms with Gasteiger partial charge in [0.25, 0.3) is 5.91 Å². The third kappa shape index (κ3) is 3.99. The number of carbonyl (C=O) groups is 1. The summed E-state index contributed by atoms with van der Waals surface area (Å²) in [6.07, 6.45) is 0. The maximum atomic E-state index is 12.8. The molecule has 1 N–H and O–H groups in total. The van der Waals surface area contributed by atoms with E-state index in [2.05, 4.69) is 15.4 Å². The van der Waals surface area contributed by atoms with Crippen LogP contribution < -0.4 is 5.32 Å². The first-order valence-corrected chi connectivity index (χ1v) is 9.10. The van der Waals surface area contributed by atoms with Crippen LogP contribution in [0.1, 0.15) is 59.1 Å². The molecule has 0 spiro atoms. The van der Waals surface area contributed by atoms with Gasteiger partial charge in [-0.1, -0.05) is 19.0 Å². The highest BCUT2D eigenvalue weighted by molar-refractivity contribution is 5.96. The highest BCUT2D eigenvalue weighted by Gasteiger charge is 2.28. The molecule has 0 radical (unpaired) electrons. The van der Waals surface area contributed by atoms with Crippen molar-refractivity contribution in [2.24, 2.45) is 0 Å². The van der Waals surface area contributed by atoms with Crippen LogP contribution in [0.15, 0.2) is 21.1 Å². The number of ether oxygens (including phenoxy) is 1. The van der Waals surface area contributed by atoms with E-state index in [1.54, 1.807) is 6.92 Å². The largest absolute Gasteiger partial charge is 0.465 e. The number of carbonyl (C=O) groups excluding carboxylic acids is 1. The van der Waals surface area contributed by atoms with E-state index >= 15 is 0 Å². The van der Waals surface area contributed by atoms with Crippen molar-refractivity contribution in [2.75, 3.05) is 32.8 Å². The number of rotatable bonds is 6. The Bertz CT molecular complexity index is 744. The molecule has 2 aromatic heterocycles. The van der Waals surface area contributed by atoms with Crippen molar-refractivity contribution in [1.29, 1.82) is 0 Å². The zero-order chi connectivity index (χ0) is 18.7. The molecule has 0 aliphatic carbocycles. The van der Waals surface area contributed by atoms with Crippen LogP contribution in [0.3, 0.4) is 0 Å². The Kier molecular flexibility index (Phi) is 5.78. The molecule has 1 amide bonds. The van der Waals surface area contributed by atoms with Crippen molar-refractivity contribution in [1.82, 2.24) is 15.4 Å². The number of furan rings is 1. The molecule has 1 unspecified atom stereocenters. The van der Waals surface area contributed by atoms with Crippen molar-refractivity contribution in [2.45, 2.75) is 39.7 Å². The summed E-state index contributed by atoms with van der Waals surface area (Å²) in [7, 11) is 0. The van der Waals surface area contributed by atoms with Gasteiger partial charge in [-0.25, -0.2) is 0 Å². The van der Waals surface area contributed by atoms with Gasteiger partial charge in [0.05, 0.1) is 24.9 Å². The highest BCUT2D eigenvalue weighted by atomic mass is 16.5. The third-order valence-corrected chi connectivity index (χ3v) is 4.67. The van der Waals surface area contributed by atoms with Crippen LogP contribution in [0.2, 0.25) is 0 Å². The van der Waals surface area contributed by atoms with Gasteiger partial charge in [-0.2, -0.15) is 0 Å². The Labute approximate surface area is 153 Å². The molecule has 7 nitrogen and oxygen atoms in total. The van der Waals surface area contributed by atoms with Crippen molar-refractivity contribution in [3.05, 3.63) is 40.7 Å². The minimum Gasteiger partial charge on any atom is -0.465 e. The van der Waals surface area contributed by atoms with Crippen molar-refractivity contribution >= 4 is 5.91 Å². The molecule has 142 valence electrons. The molecule has 0 bridgehead atoms. The van der Waals surface area contributed by atoms with Gasteiger partial charge in [0.15, 0.2) is 5.76 Å². The predicted octanol–water partition coefficient (Wildman–Crippen LogP) is 2.81. The summed E-state index contributed by atoms with van der Waals surface area (Å²) in [5, 5.41) is 7.00. The van der Waals surface area contributed by atoms with Crippen LogP contribution in [0.25, 0.3) is 0 Å². The average Bonchev–Trinajstić information content (AvgIpc) is 3.22. The zero-order valence-electron chi connectivity index (χ0n) is 15.9. The van der Waals surface area contributed by atoms with E-state index in [0.29, 0.717) is 36.8 Å². The predicted molar refractivity (Wildman–Crippen MR) is 96.2 cm³/mol. The van der Waals surface area contributed by atoms with Crippen LogP contribution >= 0.6 is 0 Å². The molecule has 2 aromatic rings. The minimum absolute atomic E-state index is 0.0285. The number of morpholine rings is 1. The fourth-order valence-corrected chi connectivity index (χ4v) is 3.27. The Morgan fingerprint density at radius 1 is 1.27 bits per heavy atom. The van der Waals surface area contributed by atoms with E-state index in [0.717, 1.165) is 24.6 Å². The summed E-state index contributed by atoms with van der Waals surface area (Å²) in [6.45, 7) is 11.1. The fraction of sp³-hybridized carbons (Fsp3) is 0.579. The summed E-state index contributed by atoms with van der Waals surface area (Å²) < 4.78 is 16.6. The standard InChI is InChI=1S/C19H27N3O4/c1-12(2)18-17(14(4)21-26-18)19(23)20-11-15(16-6-5-13(3)25-16)22-7-9-24-10-8-22/h5-6,12,15H,7-11H2,1-4H3,(H,20,23). The second-order valence-corrected chi connectivity index (χ2v) is 6.98. The molecule has 3 heterocycles. The molecule has 0 saturated carbocycles. The monoisotopic (exact) mass is 361 g/mol. The van der Waals surface area contributed by atoms with Crippen LogP contribution in [0.4, 0.5) is 0 Å². The molecule has 26 heavy (non-hydrogen) atoms. The number of aromatic nitrogens is 1. The minimum atomic E-state index is -0.158. The number of nitrogens with zero attached hydrogens (tertiary/aromatic N) is 2. The Hall–Kier alpha value is -2.12. The average molecular weight is 361 g/mol. The number of aryl methyl sites for hydroxylation is 2. The van der Waals surface area contributed by atoms with Crippen LogP contribution in [-0.2, 0) is 4.74 Å². The van der Waals surface area contributed by atoms with E-state index in [1.807, 2.05) is 32.9 Å². The molecule has 0 aromatic carbocycles. The van der Waals surface area contributed by atoms with Crippen molar-refractivity contribution in [3.8, 4) is 0 Å². The fourth-order valence-electron chi connectivity index (χ4n) is 3.27. The van der Waals surface area contributed by atoms with E-state index < -0.39 is 0 Å². The first kappa shape index (κ1) is 18.7. The van der Waals surface area contributed by atoms with Crippen LogP contribution in [-0.4, -0.2) is 48.8 Å². The molecular weight excluding hydrogens is 334 g/mol. The summed E-state index contributed by atoms with van der Waals surface area (Å²) in [6, 6.07) is 3.90. The van der Waals surface area contributed by atoms with Gasteiger partial charge in [-0.05, 0) is 26.0 Å². The van der Waals surface area contributed by atoms with E-state index in [1.165, 1.54) is 0 Å². The van der Waals surface area contributed by atoms with Gasteiger partial charge < -0.3 is 19.0 Å². The Balaban J connectivity index is 1.75. The SMILES string of the molecule is Cc1ccc(C(CNC(=O)c2c(C)noc2C(C)C)N2CCOCC2)o1. The quantitative estimate of drug-likeness (QED) is 0.852. The summed E-state index contributed by atoms with van der Waals surface area (Å²) >= 11 is 0. The second-order valence-electron chi connectivity index (χ2n) is 6.98. The van der Waals surface area contributed by atoms with E-state index in [9.17, 15) is 4.79 Å². The lowest BCUT2D eigenvalue weighted by molar-refractivity contribution is 0.0117. The van der Waals surface area contributed by atoms with Gasteiger partial charge in [0.2, 0.25) is 0 Å². The number of hydrogen-bond donors (Lipinski definition) is 1. The molecule has 1 saturated heterocycles. The van der Waals surface area contributed by atoms with Gasteiger partial charge >= 0.3 is 0 Å². The van der Waals surface area contributed by atoms with Crippen molar-refractivity contribution in [3.63, 3.8) is 0 Å². The summed E-state index contributed by atoms with van der Waals surface area (Å²) in [4.78, 5) is 15.1. The maximum absolute atomic E-state index is 12.8. The lowest BCUT2D eigenvalue weighted by Crippen LogP contribution is -2.43. The lowest BCUT2D eigenvalue weighted by atomic mass is 10.0. The van der Waals surface area contributed by atoms with Gasteiger partial charge in [-0.15, -0.1) is 0 Å². The maximum Gasteiger partial charge on any atom is 0.256 e. The third-order valence-electron chi connectivity index (χ3n) is 4.67. The van der Waals surface area contributed by atoms with Gasteiger partial charge in [0, 0.05) is 25.6 Å². The van der Waals surface area contributed by atoms with Crippen molar-refractivity contribution < 1.29 is 18.5 Å². The first-order valence-electron chi connectivity index (χ1n) is 9.10. The topological polar surface area (TPSA) is 80.7 Å². The molecule has 1 aliphatic rings. The first-order chi connectivity index (χ1) is 12.5. The van der Waals surface area contributed by atoms with E-state index in [4.69, 9.17) is 13.7 Å². The molecule has 1 fully saturated rings. The molecule has 1 aliphatic heterocycles. The molecule has 3 rings (SSSR count). The second kappa shape index (κ2) is 8.05. The number of hydrogen-bond acceptors (Lipinski definition) is 6. The summed E-state index contributed by atoms with van der Waals surface area (Å²) in [5.41, 5.74) is 1.15. The van der Waals surface area contributed by atoms with Crippen LogP contribution in [0.5, 0.6) is 0 Å². The molecular formula is C19H27N3O4. The number of nitrogens with one attached hydrogen (secondary N) is 1. The number of amides is 1. The molecule has 1 atom stereocenters. The Morgan fingerprint density at radius 2 is 2.00 bits per heavy atom. The lowest BCUT2D eigenvalue weighted by Gasteiger charge is -2.33. The normalized spacial score (nSPS) is 16.8. The van der Waals surface area contributed by atoms with Crippen LogP contribution in [0, 0.1) is 13.8 Å². The van der Waals surface area contributed by atoms with E-state index in [-0.39, 0.29) is 17.9 Å².